The van der Waals surface area contributed by atoms with E-state index in [2.05, 4.69) is 5.32 Å². The van der Waals surface area contributed by atoms with E-state index in [0.29, 0.717) is 18.7 Å². The molecule has 0 saturated heterocycles. The van der Waals surface area contributed by atoms with Crippen molar-refractivity contribution < 1.29 is 14.5 Å². The molecule has 0 unspecified atom stereocenters. The van der Waals surface area contributed by atoms with Crippen LogP contribution in [-0.4, -0.2) is 18.6 Å². The van der Waals surface area contributed by atoms with Crippen molar-refractivity contribution in [1.29, 1.82) is 0 Å². The average Bonchev–Trinajstić information content (AvgIpc) is 2.48. The molecule has 0 aromatic heterocycles. The van der Waals surface area contributed by atoms with E-state index in [1.165, 1.54) is 0 Å². The first-order chi connectivity index (χ1) is 6.31. The lowest BCUT2D eigenvalue weighted by atomic mass is 9.79. The van der Waals surface area contributed by atoms with Crippen LogP contribution in [-0.2, 0) is 16.1 Å². The number of anilines is 1. The van der Waals surface area contributed by atoms with E-state index in [-0.39, 0.29) is 0 Å². The second-order valence-corrected chi connectivity index (χ2v) is 2.84. The molecular formula is C8H8BNO3. The molecule has 1 aromatic carbocycles. The SMILES string of the molecule is O=CNc1ccc2c(c1)COB2O. The van der Waals surface area contributed by atoms with Gasteiger partial charge in [0.1, 0.15) is 0 Å². The van der Waals surface area contributed by atoms with E-state index in [9.17, 15) is 9.82 Å². The molecule has 66 valence electrons. The van der Waals surface area contributed by atoms with Gasteiger partial charge in [0.25, 0.3) is 0 Å². The largest absolute Gasteiger partial charge is 0.491 e. The van der Waals surface area contributed by atoms with Gasteiger partial charge in [0, 0.05) is 5.69 Å². The molecule has 2 N–H and O–H groups in total. The Morgan fingerprint density at radius 1 is 1.62 bits per heavy atom. The van der Waals surface area contributed by atoms with Crippen LogP contribution in [0.3, 0.4) is 0 Å². The Morgan fingerprint density at radius 3 is 3.23 bits per heavy atom. The summed E-state index contributed by atoms with van der Waals surface area (Å²) in [4.78, 5) is 10.1. The summed E-state index contributed by atoms with van der Waals surface area (Å²) >= 11 is 0. The molecule has 0 saturated carbocycles. The third kappa shape index (κ3) is 1.43. The summed E-state index contributed by atoms with van der Waals surface area (Å²) < 4.78 is 5.00. The fourth-order valence-corrected chi connectivity index (χ4v) is 1.39. The number of nitrogens with one attached hydrogen (secondary N) is 1. The van der Waals surface area contributed by atoms with Gasteiger partial charge in [0.2, 0.25) is 6.41 Å². The van der Waals surface area contributed by atoms with Crippen molar-refractivity contribution in [2.24, 2.45) is 0 Å². The van der Waals surface area contributed by atoms with Crippen LogP contribution in [0.4, 0.5) is 5.69 Å². The summed E-state index contributed by atoms with van der Waals surface area (Å²) in [5, 5.41) is 11.8. The van der Waals surface area contributed by atoms with E-state index in [4.69, 9.17) is 4.65 Å². The number of hydrogen-bond donors (Lipinski definition) is 2. The lowest BCUT2D eigenvalue weighted by Crippen LogP contribution is -2.27. The van der Waals surface area contributed by atoms with Gasteiger partial charge in [0.15, 0.2) is 0 Å². The van der Waals surface area contributed by atoms with Crippen molar-refractivity contribution in [3.05, 3.63) is 23.8 Å². The third-order valence-electron chi connectivity index (χ3n) is 2.03. The van der Waals surface area contributed by atoms with Gasteiger partial charge in [-0.3, -0.25) is 4.79 Å². The lowest BCUT2D eigenvalue weighted by molar-refractivity contribution is -0.105. The molecule has 0 radical (unpaired) electrons. The molecule has 5 heteroatoms. The second-order valence-electron chi connectivity index (χ2n) is 2.84. The maximum absolute atomic E-state index is 10.1. The number of fused-ring (bicyclic) bond motifs is 1. The lowest BCUT2D eigenvalue weighted by Gasteiger charge is -2.01. The van der Waals surface area contributed by atoms with Crippen molar-refractivity contribution in [3.63, 3.8) is 0 Å². The highest BCUT2D eigenvalue weighted by Gasteiger charge is 2.26. The Labute approximate surface area is 75.7 Å². The number of hydrogen-bond acceptors (Lipinski definition) is 3. The molecule has 0 bridgehead atoms. The molecule has 13 heavy (non-hydrogen) atoms. The summed E-state index contributed by atoms with van der Waals surface area (Å²) in [5.41, 5.74) is 2.40. The first-order valence-electron chi connectivity index (χ1n) is 3.94. The minimum Gasteiger partial charge on any atom is -0.423 e. The number of rotatable bonds is 2. The molecular weight excluding hydrogens is 169 g/mol. The fourth-order valence-electron chi connectivity index (χ4n) is 1.39. The van der Waals surface area contributed by atoms with Gasteiger partial charge in [0.05, 0.1) is 6.61 Å². The standard InChI is InChI=1S/C8H8BNO3/c11-5-10-7-1-2-8-6(3-7)4-13-9(8)12/h1-3,5,12H,4H2,(H,10,11). The topological polar surface area (TPSA) is 58.6 Å². The highest BCUT2D eigenvalue weighted by atomic mass is 16.5. The second kappa shape index (κ2) is 3.20. The number of carbonyl (C=O) groups is 1. The summed E-state index contributed by atoms with van der Waals surface area (Å²) in [7, 11) is -0.819. The molecule has 0 spiro atoms. The molecule has 0 fully saturated rings. The zero-order valence-electron chi connectivity index (χ0n) is 6.86. The Balaban J connectivity index is 2.33. The summed E-state index contributed by atoms with van der Waals surface area (Å²) in [6, 6.07) is 5.27. The minimum atomic E-state index is -0.819. The van der Waals surface area contributed by atoms with E-state index < -0.39 is 7.12 Å². The van der Waals surface area contributed by atoms with Gasteiger partial charge in [-0.05, 0) is 23.2 Å². The maximum atomic E-state index is 10.1. The summed E-state index contributed by atoms with van der Waals surface area (Å²) in [6.07, 6.45) is 0.619. The van der Waals surface area contributed by atoms with Crippen molar-refractivity contribution in [1.82, 2.24) is 0 Å². The van der Waals surface area contributed by atoms with Crippen molar-refractivity contribution in [3.8, 4) is 0 Å². The van der Waals surface area contributed by atoms with Crippen LogP contribution in [0.1, 0.15) is 5.56 Å². The molecule has 1 heterocycles. The molecule has 0 aliphatic carbocycles. The summed E-state index contributed by atoms with van der Waals surface area (Å²) in [5.74, 6) is 0. The first-order valence-corrected chi connectivity index (χ1v) is 3.94. The van der Waals surface area contributed by atoms with Gasteiger partial charge < -0.3 is 15.0 Å². The van der Waals surface area contributed by atoms with Gasteiger partial charge in [-0.2, -0.15) is 0 Å². The van der Waals surface area contributed by atoms with Crippen LogP contribution in [0.5, 0.6) is 0 Å². The van der Waals surface area contributed by atoms with Crippen LogP contribution in [0, 0.1) is 0 Å². The quantitative estimate of drug-likeness (QED) is 0.471. The predicted octanol–water partition coefficient (Wildman–Crippen LogP) is -0.527. The van der Waals surface area contributed by atoms with Crippen molar-refractivity contribution in [2.75, 3.05) is 5.32 Å². The van der Waals surface area contributed by atoms with Crippen LogP contribution >= 0.6 is 0 Å². The van der Waals surface area contributed by atoms with Crippen LogP contribution in [0.2, 0.25) is 0 Å². The van der Waals surface area contributed by atoms with Crippen LogP contribution < -0.4 is 10.8 Å². The molecule has 0 atom stereocenters. The maximum Gasteiger partial charge on any atom is 0.491 e. The monoisotopic (exact) mass is 177 g/mol. The smallest absolute Gasteiger partial charge is 0.423 e. The molecule has 4 nitrogen and oxygen atoms in total. The first kappa shape index (κ1) is 8.28. The van der Waals surface area contributed by atoms with Gasteiger partial charge in [-0.15, -0.1) is 0 Å². The Kier molecular flexibility index (Phi) is 2.04. The van der Waals surface area contributed by atoms with Crippen LogP contribution in [0.25, 0.3) is 0 Å². The predicted molar refractivity (Wildman–Crippen MR) is 48.5 cm³/mol. The number of amides is 1. The third-order valence-corrected chi connectivity index (χ3v) is 2.03. The van der Waals surface area contributed by atoms with E-state index in [1.54, 1.807) is 18.2 Å². The van der Waals surface area contributed by atoms with E-state index >= 15 is 0 Å². The summed E-state index contributed by atoms with van der Waals surface area (Å²) in [6.45, 7) is 0.394. The van der Waals surface area contributed by atoms with Gasteiger partial charge >= 0.3 is 7.12 Å². The Hall–Kier alpha value is -1.33. The Bertz CT molecular complexity index is 342. The minimum absolute atomic E-state index is 0.394. The van der Waals surface area contributed by atoms with Crippen molar-refractivity contribution in [2.45, 2.75) is 6.61 Å². The zero-order chi connectivity index (χ0) is 9.26. The van der Waals surface area contributed by atoms with Crippen LogP contribution in [0.15, 0.2) is 18.2 Å². The normalized spacial score (nSPS) is 14.1. The molecule has 1 aromatic rings. The van der Waals surface area contributed by atoms with Crippen molar-refractivity contribution >= 4 is 24.7 Å². The average molecular weight is 177 g/mol. The van der Waals surface area contributed by atoms with E-state index in [0.717, 1.165) is 11.0 Å². The Morgan fingerprint density at radius 2 is 2.46 bits per heavy atom. The number of carbonyl (C=O) groups excluding carboxylic acids is 1. The highest BCUT2D eigenvalue weighted by Crippen LogP contribution is 2.14. The van der Waals surface area contributed by atoms with Gasteiger partial charge in [-0.25, -0.2) is 0 Å². The zero-order valence-corrected chi connectivity index (χ0v) is 6.86. The fraction of sp³-hybridized carbons (Fsp3) is 0.125. The van der Waals surface area contributed by atoms with E-state index in [1.807, 2.05) is 0 Å². The number of benzene rings is 1. The molecule has 1 aliphatic rings. The van der Waals surface area contributed by atoms with Gasteiger partial charge in [-0.1, -0.05) is 6.07 Å². The highest BCUT2D eigenvalue weighted by molar-refractivity contribution is 6.61. The molecule has 1 amide bonds. The molecule has 2 rings (SSSR count). The molecule has 1 aliphatic heterocycles.